The summed E-state index contributed by atoms with van der Waals surface area (Å²) in [6.07, 6.45) is 4.78. The molecule has 40 heavy (non-hydrogen) atoms. The number of carbonyl (C=O) groups excluding carboxylic acids is 2. The van der Waals surface area contributed by atoms with Gasteiger partial charge in [0.2, 0.25) is 0 Å². The molecule has 0 saturated carbocycles. The van der Waals surface area contributed by atoms with Gasteiger partial charge >= 0.3 is 11.9 Å². The Morgan fingerprint density at radius 1 is 1.00 bits per heavy atom. The maximum absolute atomic E-state index is 13.3. The maximum atomic E-state index is 13.3. The lowest BCUT2D eigenvalue weighted by atomic mass is 9.89. The summed E-state index contributed by atoms with van der Waals surface area (Å²) in [7, 11) is 0. The van der Waals surface area contributed by atoms with Crippen LogP contribution in [0.25, 0.3) is 27.9 Å². The molecule has 0 radical (unpaired) electrons. The first kappa shape index (κ1) is 30.4. The number of fused-ring (bicyclic) bond motifs is 2. The summed E-state index contributed by atoms with van der Waals surface area (Å²) in [6, 6.07) is 8.15. The van der Waals surface area contributed by atoms with E-state index in [1.165, 1.54) is 0 Å². The molecule has 212 valence electrons. The Bertz CT molecular complexity index is 1520. The summed E-state index contributed by atoms with van der Waals surface area (Å²) >= 11 is 0. The van der Waals surface area contributed by atoms with Crippen LogP contribution in [0.2, 0.25) is 0 Å². The molecule has 2 aliphatic rings. The molecule has 0 spiro atoms. The molecule has 1 N–H and O–H groups in total. The van der Waals surface area contributed by atoms with Gasteiger partial charge in [-0.05, 0) is 76.8 Å². The predicted molar refractivity (Wildman–Crippen MR) is 161 cm³/mol. The van der Waals surface area contributed by atoms with Crippen molar-refractivity contribution < 1.29 is 23.5 Å². The third-order valence-corrected chi connectivity index (χ3v) is 6.48. The molecule has 7 heteroatoms. The van der Waals surface area contributed by atoms with Crippen molar-refractivity contribution in [1.82, 2.24) is 0 Å². The Balaban J connectivity index is 2.27. The number of hydrogen-bond acceptors (Lipinski definition) is 7. The maximum Gasteiger partial charge on any atom is 0.334 e. The zero-order chi connectivity index (χ0) is 29.4. The molecule has 1 heterocycles. The summed E-state index contributed by atoms with van der Waals surface area (Å²) in [4.78, 5) is 29.6. The van der Waals surface area contributed by atoms with Crippen LogP contribution in [0.3, 0.4) is 0 Å². The van der Waals surface area contributed by atoms with E-state index in [1.807, 2.05) is 45.1 Å². The van der Waals surface area contributed by atoms with Crippen molar-refractivity contribution >= 4 is 34.2 Å². The van der Waals surface area contributed by atoms with E-state index in [0.29, 0.717) is 29.0 Å². The fraction of sp³-hybridized carbons (Fsp3) is 0.364. The molecule has 1 aromatic carbocycles. The molecule has 7 nitrogen and oxygen atoms in total. The normalized spacial score (nSPS) is 12.6. The van der Waals surface area contributed by atoms with Gasteiger partial charge in [-0.3, -0.25) is 4.99 Å². The number of esters is 2. The lowest BCUT2D eigenvalue weighted by molar-refractivity contribution is -0.147. The van der Waals surface area contributed by atoms with Gasteiger partial charge in [0.15, 0.2) is 0 Å². The van der Waals surface area contributed by atoms with Crippen LogP contribution in [0.15, 0.2) is 63.6 Å². The number of rotatable bonds is 11. The van der Waals surface area contributed by atoms with Crippen LogP contribution in [-0.2, 0) is 19.1 Å². The van der Waals surface area contributed by atoms with E-state index in [2.05, 4.69) is 42.9 Å². The molecule has 1 aromatic rings. The van der Waals surface area contributed by atoms with E-state index in [4.69, 9.17) is 13.9 Å². The van der Waals surface area contributed by atoms with Gasteiger partial charge in [-0.2, -0.15) is 0 Å². The summed E-state index contributed by atoms with van der Waals surface area (Å²) in [5.74, 6) is -0.320. The van der Waals surface area contributed by atoms with Gasteiger partial charge in [0.05, 0.1) is 5.36 Å². The summed E-state index contributed by atoms with van der Waals surface area (Å²) in [6.45, 7) is 18.4. The molecular weight excluding hydrogens is 504 g/mol. The Hall–Kier alpha value is -4.13. The highest BCUT2D eigenvalue weighted by Gasteiger charge is 2.23. The first-order chi connectivity index (χ1) is 19.1. The molecule has 0 amide bonds. The van der Waals surface area contributed by atoms with Gasteiger partial charge in [0.1, 0.15) is 24.6 Å². The third kappa shape index (κ3) is 6.89. The molecule has 1 aliphatic heterocycles. The number of ether oxygens (including phenoxy) is 2. The van der Waals surface area contributed by atoms with Crippen LogP contribution in [-0.4, -0.2) is 38.2 Å². The minimum absolute atomic E-state index is 0.0454. The van der Waals surface area contributed by atoms with Crippen LogP contribution in [0, 0.1) is 13.8 Å². The molecular formula is C33H40N2O5. The predicted octanol–water partition coefficient (Wildman–Crippen LogP) is 6.91. The summed E-state index contributed by atoms with van der Waals surface area (Å²) in [5, 5.41) is 5.17. The lowest BCUT2D eigenvalue weighted by Gasteiger charge is -2.20. The van der Waals surface area contributed by atoms with Crippen molar-refractivity contribution in [2.45, 2.75) is 54.9 Å². The monoisotopic (exact) mass is 544 g/mol. The van der Waals surface area contributed by atoms with Gasteiger partial charge in [-0.25, -0.2) is 9.59 Å². The number of carbonyl (C=O) groups is 2. The fourth-order valence-electron chi connectivity index (χ4n) is 4.44. The number of benzene rings is 2. The smallest absolute Gasteiger partial charge is 0.334 e. The Kier molecular flexibility index (Phi) is 10.5. The van der Waals surface area contributed by atoms with Crippen molar-refractivity contribution in [3.8, 4) is 11.3 Å². The van der Waals surface area contributed by atoms with E-state index in [0.717, 1.165) is 57.2 Å². The second-order valence-electron chi connectivity index (χ2n) is 9.68. The SMILES string of the molecule is C=C(C)C(=O)OCCOC(=O)/C(C)=C(/C=C\CC)c1c2cc(C)/c(=N/CC)cc-2oc2cc(NCC)c(C)cc12. The second kappa shape index (κ2) is 13.8. The number of nitrogens with zero attached hydrogens (tertiary/aromatic N) is 1. The molecule has 1 aliphatic carbocycles. The Labute approximate surface area is 236 Å². The van der Waals surface area contributed by atoms with Gasteiger partial charge in [0.25, 0.3) is 0 Å². The van der Waals surface area contributed by atoms with Crippen molar-refractivity contribution in [1.29, 1.82) is 0 Å². The van der Waals surface area contributed by atoms with Crippen LogP contribution in [0.4, 0.5) is 5.69 Å². The minimum Gasteiger partial charge on any atom is -0.459 e. The van der Waals surface area contributed by atoms with Crippen molar-refractivity contribution in [2.24, 2.45) is 4.99 Å². The average Bonchev–Trinajstić information content (AvgIpc) is 2.92. The average molecular weight is 545 g/mol. The number of anilines is 1. The highest BCUT2D eigenvalue weighted by atomic mass is 16.6. The Morgan fingerprint density at radius 3 is 2.33 bits per heavy atom. The van der Waals surface area contributed by atoms with Crippen LogP contribution >= 0.6 is 0 Å². The third-order valence-electron chi connectivity index (χ3n) is 6.48. The van der Waals surface area contributed by atoms with Gasteiger partial charge in [-0.1, -0.05) is 25.7 Å². The van der Waals surface area contributed by atoms with Crippen molar-refractivity contribution in [2.75, 3.05) is 31.6 Å². The Morgan fingerprint density at radius 2 is 1.70 bits per heavy atom. The molecule has 0 atom stereocenters. The topological polar surface area (TPSA) is 90.1 Å². The summed E-state index contributed by atoms with van der Waals surface area (Å²) in [5.41, 5.74) is 7.03. The van der Waals surface area contributed by atoms with E-state index < -0.39 is 11.9 Å². The van der Waals surface area contributed by atoms with Gasteiger partial charge in [0, 0.05) is 58.6 Å². The highest BCUT2D eigenvalue weighted by Crippen LogP contribution is 2.41. The molecule has 0 bridgehead atoms. The first-order valence-electron chi connectivity index (χ1n) is 13.8. The van der Waals surface area contributed by atoms with Crippen LogP contribution in [0.1, 0.15) is 57.7 Å². The molecule has 0 fully saturated rings. The molecule has 0 unspecified atom stereocenters. The molecule has 3 rings (SSSR count). The van der Waals surface area contributed by atoms with Crippen molar-refractivity contribution in [3.05, 3.63) is 76.2 Å². The van der Waals surface area contributed by atoms with E-state index in [-0.39, 0.29) is 13.2 Å². The van der Waals surface area contributed by atoms with Gasteiger partial charge < -0.3 is 19.2 Å². The minimum atomic E-state index is -0.516. The van der Waals surface area contributed by atoms with E-state index in [1.54, 1.807) is 13.8 Å². The molecule has 0 saturated heterocycles. The van der Waals surface area contributed by atoms with E-state index >= 15 is 0 Å². The fourth-order valence-corrected chi connectivity index (χ4v) is 4.44. The van der Waals surface area contributed by atoms with Gasteiger partial charge in [-0.15, -0.1) is 0 Å². The van der Waals surface area contributed by atoms with Crippen LogP contribution < -0.4 is 10.7 Å². The van der Waals surface area contributed by atoms with Crippen LogP contribution in [0.5, 0.6) is 0 Å². The number of nitrogens with one attached hydrogen (secondary N) is 1. The lowest BCUT2D eigenvalue weighted by Crippen LogP contribution is -2.15. The number of hydrogen-bond donors (Lipinski definition) is 1. The standard InChI is InChI=1S/C33H40N2O5/c1-9-12-13-24(23(8)33(37)39-15-14-38-32(36)20(4)5)31-25-16-21(6)27(34-10-2)18-29(25)40-30-19-28(35-11-3)22(7)17-26(30)31/h12-13,16-19,34H,4,9-11,14-15H2,1-3,5-8H3/b13-12-,24-23-,35-28+. The summed E-state index contributed by atoms with van der Waals surface area (Å²) < 4.78 is 17.0. The zero-order valence-electron chi connectivity index (χ0n) is 24.7. The number of aryl methyl sites for hydroxylation is 2. The molecule has 0 aromatic heterocycles. The van der Waals surface area contributed by atoms with E-state index in [9.17, 15) is 9.59 Å². The number of allylic oxidation sites excluding steroid dienone is 3. The van der Waals surface area contributed by atoms with Crippen molar-refractivity contribution in [3.63, 3.8) is 0 Å². The second-order valence-corrected chi connectivity index (χ2v) is 9.68. The largest absolute Gasteiger partial charge is 0.459 e. The zero-order valence-corrected chi connectivity index (χ0v) is 24.7. The highest BCUT2D eigenvalue weighted by molar-refractivity contribution is 6.08. The quantitative estimate of drug-likeness (QED) is 0.0928. The first-order valence-corrected chi connectivity index (χ1v) is 13.8.